The second kappa shape index (κ2) is 5.65. The molecule has 3 heterocycles. The fraction of sp³-hybridized carbons (Fsp3) is 0.400. The quantitative estimate of drug-likeness (QED) is 0.839. The maximum absolute atomic E-state index is 12.5. The van der Waals surface area contributed by atoms with Gasteiger partial charge >= 0.3 is 0 Å². The van der Waals surface area contributed by atoms with Crippen LogP contribution in [-0.4, -0.2) is 50.9 Å². The molecule has 1 aliphatic rings. The summed E-state index contributed by atoms with van der Waals surface area (Å²) in [7, 11) is 0. The molecule has 2 atom stereocenters. The van der Waals surface area contributed by atoms with Gasteiger partial charge in [0.1, 0.15) is 0 Å². The summed E-state index contributed by atoms with van der Waals surface area (Å²) >= 11 is 0. The minimum Gasteiger partial charge on any atom is -0.372 e. The highest BCUT2D eigenvalue weighted by molar-refractivity contribution is 5.94. The first kappa shape index (κ1) is 13.8. The van der Waals surface area contributed by atoms with Crippen LogP contribution < -0.4 is 0 Å². The van der Waals surface area contributed by atoms with Gasteiger partial charge in [-0.05, 0) is 32.0 Å². The Balaban J connectivity index is 1.76. The zero-order chi connectivity index (χ0) is 14.8. The standard InChI is InChI=1S/C15H18N4O2/c1-11-9-18(10-12(2)21-11)15(20)13-4-5-14(16-8-13)19-7-3-6-17-19/h3-8,11-12H,9-10H2,1-2H3/t11-,12-/m1/s1. The van der Waals surface area contributed by atoms with Crippen molar-refractivity contribution in [1.29, 1.82) is 0 Å². The zero-order valence-corrected chi connectivity index (χ0v) is 12.1. The van der Waals surface area contributed by atoms with Gasteiger partial charge in [0.2, 0.25) is 0 Å². The Bertz CT molecular complexity index is 599. The van der Waals surface area contributed by atoms with Crippen LogP contribution in [0.4, 0.5) is 0 Å². The molecule has 0 aliphatic carbocycles. The molecule has 3 rings (SSSR count). The second-order valence-corrected chi connectivity index (χ2v) is 5.32. The molecule has 2 aromatic heterocycles. The molecule has 110 valence electrons. The third-order valence-corrected chi connectivity index (χ3v) is 3.44. The van der Waals surface area contributed by atoms with Crippen molar-refractivity contribution >= 4 is 5.91 Å². The largest absolute Gasteiger partial charge is 0.372 e. The molecule has 0 aromatic carbocycles. The predicted molar refractivity (Wildman–Crippen MR) is 77.3 cm³/mol. The fourth-order valence-electron chi connectivity index (χ4n) is 2.58. The molecule has 21 heavy (non-hydrogen) atoms. The summed E-state index contributed by atoms with van der Waals surface area (Å²) in [5.41, 5.74) is 0.590. The van der Waals surface area contributed by atoms with Crippen molar-refractivity contribution in [3.05, 3.63) is 42.4 Å². The third-order valence-electron chi connectivity index (χ3n) is 3.44. The first-order valence-electron chi connectivity index (χ1n) is 7.04. The summed E-state index contributed by atoms with van der Waals surface area (Å²) < 4.78 is 7.31. The highest BCUT2D eigenvalue weighted by Gasteiger charge is 2.26. The van der Waals surface area contributed by atoms with Crippen molar-refractivity contribution < 1.29 is 9.53 Å². The van der Waals surface area contributed by atoms with Crippen LogP contribution in [0.25, 0.3) is 5.82 Å². The van der Waals surface area contributed by atoms with E-state index in [4.69, 9.17) is 4.74 Å². The van der Waals surface area contributed by atoms with Gasteiger partial charge in [0.25, 0.3) is 5.91 Å². The van der Waals surface area contributed by atoms with Crippen LogP contribution in [0.3, 0.4) is 0 Å². The molecule has 6 heteroatoms. The van der Waals surface area contributed by atoms with E-state index in [1.54, 1.807) is 29.2 Å². The van der Waals surface area contributed by atoms with Crippen LogP contribution in [0, 0.1) is 0 Å². The maximum atomic E-state index is 12.5. The Morgan fingerprint density at radius 1 is 1.29 bits per heavy atom. The van der Waals surface area contributed by atoms with E-state index in [0.29, 0.717) is 24.5 Å². The van der Waals surface area contributed by atoms with Gasteiger partial charge < -0.3 is 9.64 Å². The lowest BCUT2D eigenvalue weighted by Gasteiger charge is -2.35. The van der Waals surface area contributed by atoms with E-state index >= 15 is 0 Å². The Morgan fingerprint density at radius 3 is 2.62 bits per heavy atom. The van der Waals surface area contributed by atoms with Crippen molar-refractivity contribution in [2.75, 3.05) is 13.1 Å². The molecular formula is C15H18N4O2. The number of pyridine rings is 1. The van der Waals surface area contributed by atoms with Crippen LogP contribution in [0.1, 0.15) is 24.2 Å². The number of carbonyl (C=O) groups excluding carboxylic acids is 1. The Morgan fingerprint density at radius 2 is 2.05 bits per heavy atom. The summed E-state index contributed by atoms with van der Waals surface area (Å²) in [5.74, 6) is 0.691. The van der Waals surface area contributed by atoms with E-state index in [-0.39, 0.29) is 18.1 Å². The molecule has 1 aliphatic heterocycles. The highest BCUT2D eigenvalue weighted by atomic mass is 16.5. The topological polar surface area (TPSA) is 60.2 Å². The van der Waals surface area contributed by atoms with Gasteiger partial charge in [-0.1, -0.05) is 0 Å². The molecule has 0 N–H and O–H groups in total. The van der Waals surface area contributed by atoms with Crippen LogP contribution in [0.2, 0.25) is 0 Å². The predicted octanol–water partition coefficient (Wildman–Crippen LogP) is 1.52. The lowest BCUT2D eigenvalue weighted by atomic mass is 10.2. The van der Waals surface area contributed by atoms with E-state index in [2.05, 4.69) is 10.1 Å². The SMILES string of the molecule is C[C@@H]1CN(C(=O)c2ccc(-n3cccn3)nc2)C[C@@H](C)O1. The monoisotopic (exact) mass is 286 g/mol. The molecule has 0 bridgehead atoms. The number of nitrogens with zero attached hydrogens (tertiary/aromatic N) is 4. The average molecular weight is 286 g/mol. The normalized spacial score (nSPS) is 22.3. The number of carbonyl (C=O) groups is 1. The molecule has 6 nitrogen and oxygen atoms in total. The number of hydrogen-bond acceptors (Lipinski definition) is 4. The van der Waals surface area contributed by atoms with E-state index in [1.807, 2.05) is 31.0 Å². The maximum Gasteiger partial charge on any atom is 0.255 e. The van der Waals surface area contributed by atoms with Gasteiger partial charge in [0, 0.05) is 31.7 Å². The van der Waals surface area contributed by atoms with Crippen LogP contribution in [0.15, 0.2) is 36.8 Å². The fourth-order valence-corrected chi connectivity index (χ4v) is 2.58. The molecular weight excluding hydrogens is 268 g/mol. The molecule has 1 amide bonds. The van der Waals surface area contributed by atoms with Gasteiger partial charge in [-0.2, -0.15) is 5.10 Å². The molecule has 2 aromatic rings. The van der Waals surface area contributed by atoms with Gasteiger partial charge in [0.15, 0.2) is 5.82 Å². The number of morpholine rings is 1. The van der Waals surface area contributed by atoms with Gasteiger partial charge in [-0.3, -0.25) is 4.79 Å². The molecule has 1 saturated heterocycles. The first-order valence-corrected chi connectivity index (χ1v) is 7.04. The Hall–Kier alpha value is -2.21. The van der Waals surface area contributed by atoms with Crippen molar-refractivity contribution in [2.45, 2.75) is 26.1 Å². The van der Waals surface area contributed by atoms with Gasteiger partial charge in [-0.25, -0.2) is 9.67 Å². The van der Waals surface area contributed by atoms with E-state index < -0.39 is 0 Å². The van der Waals surface area contributed by atoms with Crippen LogP contribution in [-0.2, 0) is 4.74 Å². The molecule has 0 saturated carbocycles. The van der Waals surface area contributed by atoms with Gasteiger partial charge in [-0.15, -0.1) is 0 Å². The summed E-state index contributed by atoms with van der Waals surface area (Å²) in [5, 5.41) is 4.11. The smallest absolute Gasteiger partial charge is 0.255 e. The number of rotatable bonds is 2. The van der Waals surface area contributed by atoms with E-state index in [0.717, 1.165) is 0 Å². The molecule has 1 fully saturated rings. The lowest BCUT2D eigenvalue weighted by Crippen LogP contribution is -2.48. The van der Waals surface area contributed by atoms with E-state index in [1.165, 1.54) is 0 Å². The Labute approximate surface area is 123 Å². The summed E-state index contributed by atoms with van der Waals surface area (Å²) in [6.45, 7) is 5.19. The molecule has 0 radical (unpaired) electrons. The van der Waals surface area contributed by atoms with Crippen LogP contribution >= 0.6 is 0 Å². The zero-order valence-electron chi connectivity index (χ0n) is 12.1. The number of aromatic nitrogens is 3. The lowest BCUT2D eigenvalue weighted by molar-refractivity contribution is -0.0586. The highest BCUT2D eigenvalue weighted by Crippen LogP contribution is 2.14. The van der Waals surface area contributed by atoms with Crippen molar-refractivity contribution in [1.82, 2.24) is 19.7 Å². The third kappa shape index (κ3) is 2.95. The van der Waals surface area contributed by atoms with Gasteiger partial charge in [0.05, 0.1) is 17.8 Å². The minimum atomic E-state index is -0.00323. The number of amides is 1. The molecule has 0 unspecified atom stereocenters. The molecule has 0 spiro atoms. The average Bonchev–Trinajstić information content (AvgIpc) is 3.00. The summed E-state index contributed by atoms with van der Waals surface area (Å²) in [4.78, 5) is 18.6. The summed E-state index contributed by atoms with van der Waals surface area (Å²) in [6.07, 6.45) is 5.24. The summed E-state index contributed by atoms with van der Waals surface area (Å²) in [6, 6.07) is 5.42. The number of hydrogen-bond donors (Lipinski definition) is 0. The number of ether oxygens (including phenoxy) is 1. The van der Waals surface area contributed by atoms with Crippen molar-refractivity contribution in [3.8, 4) is 5.82 Å². The Kier molecular flexibility index (Phi) is 3.70. The van der Waals surface area contributed by atoms with Crippen molar-refractivity contribution in [3.63, 3.8) is 0 Å². The minimum absolute atomic E-state index is 0.00323. The van der Waals surface area contributed by atoms with Crippen molar-refractivity contribution in [2.24, 2.45) is 0 Å². The first-order chi connectivity index (χ1) is 10.1. The van der Waals surface area contributed by atoms with E-state index in [9.17, 15) is 4.79 Å². The second-order valence-electron chi connectivity index (χ2n) is 5.32. The van der Waals surface area contributed by atoms with Crippen LogP contribution in [0.5, 0.6) is 0 Å².